The zero-order valence-electron chi connectivity index (χ0n) is 15.7. The van der Waals surface area contributed by atoms with E-state index in [1.807, 2.05) is 36.4 Å². The maximum atomic E-state index is 14.3. The minimum Gasteiger partial charge on any atom is -0.485 e. The lowest BCUT2D eigenvalue weighted by molar-refractivity contribution is -0.139. The molecule has 4 nitrogen and oxygen atoms in total. The average Bonchev–Trinajstić information content (AvgIpc) is 2.73. The molecule has 0 radical (unpaired) electrons. The molecular formula is C23H18ClFO4. The van der Waals surface area contributed by atoms with Crippen molar-refractivity contribution in [2.24, 2.45) is 0 Å². The van der Waals surface area contributed by atoms with E-state index in [4.69, 9.17) is 25.8 Å². The molecule has 0 aromatic heterocycles. The first-order chi connectivity index (χ1) is 14.0. The standard InChI is InChI=1S/C23H18ClFO4/c1-27-22(26)11-14-5-7-15(8-6-14)17-3-2-4-20-23(17)28-13-21(29-20)18-10-9-16(24)12-19(18)25/h2-10,12,21H,11,13H2,1H3. The van der Waals surface area contributed by atoms with Gasteiger partial charge >= 0.3 is 5.97 Å². The Kier molecular flexibility index (Phi) is 5.41. The highest BCUT2D eigenvalue weighted by Gasteiger charge is 2.27. The highest BCUT2D eigenvalue weighted by Crippen LogP contribution is 2.43. The van der Waals surface area contributed by atoms with Gasteiger partial charge in [-0.3, -0.25) is 4.79 Å². The molecule has 29 heavy (non-hydrogen) atoms. The van der Waals surface area contributed by atoms with Crippen molar-refractivity contribution in [1.29, 1.82) is 0 Å². The summed E-state index contributed by atoms with van der Waals surface area (Å²) in [5.74, 6) is 0.449. The van der Waals surface area contributed by atoms with Crippen LogP contribution in [-0.4, -0.2) is 19.7 Å². The van der Waals surface area contributed by atoms with Gasteiger partial charge in [-0.05, 0) is 29.3 Å². The zero-order valence-corrected chi connectivity index (χ0v) is 16.4. The molecule has 6 heteroatoms. The summed E-state index contributed by atoms with van der Waals surface area (Å²) in [4.78, 5) is 11.4. The second kappa shape index (κ2) is 8.13. The smallest absolute Gasteiger partial charge is 0.309 e. The topological polar surface area (TPSA) is 44.8 Å². The summed E-state index contributed by atoms with van der Waals surface area (Å²) in [6.07, 6.45) is -0.338. The second-order valence-corrected chi connectivity index (χ2v) is 7.10. The van der Waals surface area contributed by atoms with E-state index >= 15 is 0 Å². The molecule has 0 fully saturated rings. The third-order valence-corrected chi connectivity index (χ3v) is 5.01. The number of esters is 1. The summed E-state index contributed by atoms with van der Waals surface area (Å²) in [7, 11) is 1.37. The molecule has 1 aliphatic rings. The Bertz CT molecular complexity index is 1050. The summed E-state index contributed by atoms with van der Waals surface area (Å²) in [5, 5.41) is 0.335. The predicted octanol–water partition coefficient (Wildman–Crippen LogP) is 5.37. The van der Waals surface area contributed by atoms with Gasteiger partial charge in [-0.25, -0.2) is 4.39 Å². The monoisotopic (exact) mass is 412 g/mol. The van der Waals surface area contributed by atoms with Crippen LogP contribution in [0.3, 0.4) is 0 Å². The quantitative estimate of drug-likeness (QED) is 0.540. The van der Waals surface area contributed by atoms with Gasteiger partial charge in [0.2, 0.25) is 0 Å². The van der Waals surface area contributed by atoms with Crippen LogP contribution in [0.15, 0.2) is 60.7 Å². The lowest BCUT2D eigenvalue weighted by Gasteiger charge is -2.28. The molecule has 148 valence electrons. The van der Waals surface area contributed by atoms with Crippen LogP contribution in [0, 0.1) is 5.82 Å². The highest BCUT2D eigenvalue weighted by atomic mass is 35.5. The van der Waals surface area contributed by atoms with Crippen molar-refractivity contribution < 1.29 is 23.4 Å². The second-order valence-electron chi connectivity index (χ2n) is 6.67. The van der Waals surface area contributed by atoms with Crippen LogP contribution in [0.4, 0.5) is 4.39 Å². The lowest BCUT2D eigenvalue weighted by Crippen LogP contribution is -2.22. The summed E-state index contributed by atoms with van der Waals surface area (Å²) in [6, 6.07) is 17.7. The number of rotatable bonds is 4. The van der Waals surface area contributed by atoms with Gasteiger partial charge in [0.25, 0.3) is 0 Å². The number of methoxy groups -OCH3 is 1. The zero-order chi connectivity index (χ0) is 20.4. The van der Waals surface area contributed by atoms with E-state index in [2.05, 4.69) is 0 Å². The molecule has 1 heterocycles. The van der Waals surface area contributed by atoms with Crippen LogP contribution in [0.25, 0.3) is 11.1 Å². The van der Waals surface area contributed by atoms with Gasteiger partial charge < -0.3 is 14.2 Å². The number of carbonyl (C=O) groups is 1. The SMILES string of the molecule is COC(=O)Cc1ccc(-c2cccc3c2OCC(c2ccc(Cl)cc2F)O3)cc1. The first kappa shape index (κ1) is 19.3. The van der Waals surface area contributed by atoms with Crippen molar-refractivity contribution in [1.82, 2.24) is 0 Å². The Morgan fingerprint density at radius 1 is 1.17 bits per heavy atom. The number of hydrogen-bond donors (Lipinski definition) is 0. The molecule has 1 aliphatic heterocycles. The summed E-state index contributed by atoms with van der Waals surface area (Å²) in [5.41, 5.74) is 3.05. The van der Waals surface area contributed by atoms with Crippen LogP contribution in [-0.2, 0) is 16.0 Å². The number of halogens is 2. The van der Waals surface area contributed by atoms with E-state index in [0.29, 0.717) is 22.1 Å². The van der Waals surface area contributed by atoms with Crippen LogP contribution in [0.5, 0.6) is 11.5 Å². The van der Waals surface area contributed by atoms with Crippen LogP contribution < -0.4 is 9.47 Å². The van der Waals surface area contributed by atoms with Gasteiger partial charge in [-0.15, -0.1) is 0 Å². The van der Waals surface area contributed by atoms with Gasteiger partial charge in [0, 0.05) is 16.1 Å². The number of fused-ring (bicyclic) bond motifs is 1. The van der Waals surface area contributed by atoms with Crippen molar-refractivity contribution in [2.75, 3.05) is 13.7 Å². The minimum atomic E-state index is -0.558. The molecule has 0 bridgehead atoms. The normalized spacial score (nSPS) is 15.1. The Labute approximate surface area is 172 Å². The molecule has 0 saturated carbocycles. The fourth-order valence-corrected chi connectivity index (χ4v) is 3.45. The van der Waals surface area contributed by atoms with Crippen molar-refractivity contribution >= 4 is 17.6 Å². The lowest BCUT2D eigenvalue weighted by atomic mass is 10.0. The summed E-state index contributed by atoms with van der Waals surface area (Å²) >= 11 is 5.83. The fourth-order valence-electron chi connectivity index (χ4n) is 3.29. The van der Waals surface area contributed by atoms with Crippen LogP contribution >= 0.6 is 11.6 Å². The van der Waals surface area contributed by atoms with Gasteiger partial charge in [0.15, 0.2) is 17.6 Å². The number of benzene rings is 3. The van der Waals surface area contributed by atoms with Crippen LogP contribution in [0.2, 0.25) is 5.02 Å². The van der Waals surface area contributed by atoms with E-state index in [1.54, 1.807) is 18.2 Å². The maximum Gasteiger partial charge on any atom is 0.309 e. The molecule has 0 spiro atoms. The molecular weight excluding hydrogens is 395 g/mol. The Morgan fingerprint density at radius 2 is 1.97 bits per heavy atom. The number of ether oxygens (including phenoxy) is 3. The predicted molar refractivity (Wildman–Crippen MR) is 108 cm³/mol. The van der Waals surface area contributed by atoms with Gasteiger partial charge in [0.1, 0.15) is 12.4 Å². The molecule has 0 amide bonds. The van der Waals surface area contributed by atoms with Crippen molar-refractivity contribution in [3.8, 4) is 22.6 Å². The van der Waals surface area contributed by atoms with Crippen molar-refractivity contribution in [3.05, 3.63) is 82.6 Å². The van der Waals surface area contributed by atoms with Gasteiger partial charge in [0.05, 0.1) is 13.5 Å². The molecule has 4 rings (SSSR count). The molecule has 1 atom stereocenters. The molecule has 3 aromatic carbocycles. The van der Waals surface area contributed by atoms with E-state index < -0.39 is 11.9 Å². The third kappa shape index (κ3) is 4.05. The van der Waals surface area contributed by atoms with E-state index in [-0.39, 0.29) is 19.0 Å². The first-order valence-corrected chi connectivity index (χ1v) is 9.46. The van der Waals surface area contributed by atoms with Gasteiger partial charge in [-0.1, -0.05) is 54.1 Å². The van der Waals surface area contributed by atoms with Crippen molar-refractivity contribution in [3.63, 3.8) is 0 Å². The van der Waals surface area contributed by atoms with E-state index in [9.17, 15) is 9.18 Å². The number of hydrogen-bond acceptors (Lipinski definition) is 4. The van der Waals surface area contributed by atoms with Crippen molar-refractivity contribution in [2.45, 2.75) is 12.5 Å². The number of para-hydroxylation sites is 1. The third-order valence-electron chi connectivity index (χ3n) is 4.78. The minimum absolute atomic E-state index is 0.184. The van der Waals surface area contributed by atoms with Gasteiger partial charge in [-0.2, -0.15) is 0 Å². The molecule has 1 unspecified atom stereocenters. The molecule has 0 aliphatic carbocycles. The average molecular weight is 413 g/mol. The molecule has 0 N–H and O–H groups in total. The largest absolute Gasteiger partial charge is 0.485 e. The summed E-state index contributed by atoms with van der Waals surface area (Å²) in [6.45, 7) is 0.184. The Balaban J connectivity index is 1.59. The summed E-state index contributed by atoms with van der Waals surface area (Å²) < 4.78 is 30.9. The molecule has 3 aromatic rings. The van der Waals surface area contributed by atoms with Crippen LogP contribution in [0.1, 0.15) is 17.2 Å². The molecule has 0 saturated heterocycles. The number of carbonyl (C=O) groups excluding carboxylic acids is 1. The Hall–Kier alpha value is -3.05. The first-order valence-electron chi connectivity index (χ1n) is 9.08. The Morgan fingerprint density at radius 3 is 2.69 bits per heavy atom. The maximum absolute atomic E-state index is 14.3. The highest BCUT2D eigenvalue weighted by molar-refractivity contribution is 6.30. The fraction of sp³-hybridized carbons (Fsp3) is 0.174. The van der Waals surface area contributed by atoms with E-state index in [1.165, 1.54) is 13.2 Å². The van der Waals surface area contributed by atoms with E-state index in [0.717, 1.165) is 16.7 Å².